The van der Waals surface area contributed by atoms with Crippen LogP contribution in [0.3, 0.4) is 0 Å². The number of thioether (sulfide) groups is 1. The van der Waals surface area contributed by atoms with Crippen LogP contribution >= 0.6 is 11.8 Å². The van der Waals surface area contributed by atoms with Crippen molar-refractivity contribution in [1.82, 2.24) is 9.80 Å². The summed E-state index contributed by atoms with van der Waals surface area (Å²) in [6.45, 7) is 3.15. The van der Waals surface area contributed by atoms with Gasteiger partial charge in [0.2, 0.25) is 11.8 Å². The molecule has 1 N–H and O–H groups in total. The van der Waals surface area contributed by atoms with Gasteiger partial charge in [-0.1, -0.05) is 42.5 Å². The van der Waals surface area contributed by atoms with Gasteiger partial charge in [-0.3, -0.25) is 14.5 Å². The molecule has 160 valence electrons. The van der Waals surface area contributed by atoms with Crippen LogP contribution in [0.5, 0.6) is 0 Å². The van der Waals surface area contributed by atoms with Gasteiger partial charge in [-0.2, -0.15) is 0 Å². The van der Waals surface area contributed by atoms with E-state index in [4.69, 9.17) is 0 Å². The van der Waals surface area contributed by atoms with Gasteiger partial charge >= 0.3 is 0 Å². The first-order valence-electron chi connectivity index (χ1n) is 10.4. The number of benzene rings is 2. The number of nitrogens with zero attached hydrogens (tertiary/aromatic N) is 2. The van der Waals surface area contributed by atoms with Gasteiger partial charge in [0, 0.05) is 17.5 Å². The largest absolute Gasteiger partial charge is 0.334 e. The van der Waals surface area contributed by atoms with Crippen LogP contribution in [0.25, 0.3) is 0 Å². The number of rotatable bonds is 10. The lowest BCUT2D eigenvalue weighted by atomic mass is 10.1. The molecule has 3 rings (SSSR count). The Morgan fingerprint density at radius 3 is 2.40 bits per heavy atom. The van der Waals surface area contributed by atoms with Crippen molar-refractivity contribution >= 4 is 29.3 Å². The Morgan fingerprint density at radius 1 is 1.07 bits per heavy atom. The van der Waals surface area contributed by atoms with Gasteiger partial charge in [-0.05, 0) is 56.7 Å². The fraction of sp³-hybridized carbons (Fsp3) is 0.417. The Morgan fingerprint density at radius 2 is 1.73 bits per heavy atom. The van der Waals surface area contributed by atoms with Crippen LogP contribution in [0.15, 0.2) is 59.5 Å². The molecule has 30 heavy (non-hydrogen) atoms. The molecule has 1 saturated carbocycles. The molecule has 0 aliphatic heterocycles. The van der Waals surface area contributed by atoms with E-state index in [-0.39, 0.29) is 30.9 Å². The molecule has 0 spiro atoms. The van der Waals surface area contributed by atoms with Crippen molar-refractivity contribution in [2.75, 3.05) is 31.7 Å². The number of nitrogens with one attached hydrogen (secondary N) is 1. The highest BCUT2D eigenvalue weighted by atomic mass is 32.2. The van der Waals surface area contributed by atoms with Gasteiger partial charge in [0.05, 0.1) is 18.8 Å². The fourth-order valence-corrected chi connectivity index (χ4v) is 4.19. The maximum Gasteiger partial charge on any atom is 0.238 e. The van der Waals surface area contributed by atoms with Crippen LogP contribution in [0.2, 0.25) is 0 Å². The van der Waals surface area contributed by atoms with Crippen LogP contribution in [0, 0.1) is 5.92 Å². The Balaban J connectivity index is 1.58. The first-order valence-corrected chi connectivity index (χ1v) is 11.6. The summed E-state index contributed by atoms with van der Waals surface area (Å²) < 4.78 is 0. The second-order valence-corrected chi connectivity index (χ2v) is 8.85. The van der Waals surface area contributed by atoms with Crippen LogP contribution in [0.4, 0.5) is 5.69 Å². The minimum absolute atomic E-state index is 0.0677. The van der Waals surface area contributed by atoms with E-state index < -0.39 is 0 Å². The smallest absolute Gasteiger partial charge is 0.238 e. The predicted octanol–water partition coefficient (Wildman–Crippen LogP) is 4.11. The van der Waals surface area contributed by atoms with Gasteiger partial charge in [0.1, 0.15) is 0 Å². The third kappa shape index (κ3) is 6.34. The third-order valence-electron chi connectivity index (χ3n) is 5.51. The van der Waals surface area contributed by atoms with E-state index in [1.807, 2.05) is 60.7 Å². The molecular formula is C24H31N3O2S. The van der Waals surface area contributed by atoms with Crippen molar-refractivity contribution in [1.29, 1.82) is 0 Å². The lowest BCUT2D eigenvalue weighted by molar-refractivity contribution is -0.135. The zero-order valence-electron chi connectivity index (χ0n) is 18.0. The summed E-state index contributed by atoms with van der Waals surface area (Å²) >= 11 is 1.59. The van der Waals surface area contributed by atoms with E-state index in [0.717, 1.165) is 16.1 Å². The topological polar surface area (TPSA) is 52.7 Å². The number of carbonyl (C=O) groups is 2. The third-order valence-corrected chi connectivity index (χ3v) is 6.31. The summed E-state index contributed by atoms with van der Waals surface area (Å²) in [5, 5.41) is 2.96. The van der Waals surface area contributed by atoms with E-state index in [1.165, 1.54) is 12.8 Å². The molecule has 6 heteroatoms. The van der Waals surface area contributed by atoms with Gasteiger partial charge in [0.25, 0.3) is 0 Å². The molecule has 1 aliphatic rings. The van der Waals surface area contributed by atoms with Crippen molar-refractivity contribution in [3.63, 3.8) is 0 Å². The molecule has 2 aromatic rings. The summed E-state index contributed by atoms with van der Waals surface area (Å²) in [7, 11) is 1.82. The number of carbonyl (C=O) groups excluding carboxylic acids is 2. The Labute approximate surface area is 183 Å². The Hall–Kier alpha value is -2.31. The van der Waals surface area contributed by atoms with Crippen molar-refractivity contribution < 1.29 is 9.59 Å². The monoisotopic (exact) mass is 425 g/mol. The zero-order chi connectivity index (χ0) is 21.5. The molecule has 2 amide bonds. The molecule has 2 aromatic carbocycles. The highest BCUT2D eigenvalue weighted by molar-refractivity contribution is 7.98. The summed E-state index contributed by atoms with van der Waals surface area (Å²) in [4.78, 5) is 30.4. The van der Waals surface area contributed by atoms with Crippen molar-refractivity contribution in [3.8, 4) is 0 Å². The molecule has 0 bridgehead atoms. The van der Waals surface area contributed by atoms with E-state index in [9.17, 15) is 9.59 Å². The molecule has 0 aromatic heterocycles. The van der Waals surface area contributed by atoms with Crippen LogP contribution in [-0.2, 0) is 16.1 Å². The minimum Gasteiger partial charge on any atom is -0.334 e. The first-order chi connectivity index (χ1) is 14.5. The minimum atomic E-state index is -0.114. The fourth-order valence-electron chi connectivity index (χ4n) is 3.63. The first kappa shape index (κ1) is 22.4. The van der Waals surface area contributed by atoms with Gasteiger partial charge in [0.15, 0.2) is 0 Å². The van der Waals surface area contributed by atoms with E-state index >= 15 is 0 Å². The molecule has 1 aliphatic carbocycles. The molecule has 5 nitrogen and oxygen atoms in total. The van der Waals surface area contributed by atoms with E-state index in [2.05, 4.69) is 24.4 Å². The summed E-state index contributed by atoms with van der Waals surface area (Å²) in [5.74, 6) is 0.545. The molecule has 0 saturated heterocycles. The van der Waals surface area contributed by atoms with E-state index in [0.29, 0.717) is 12.5 Å². The highest BCUT2D eigenvalue weighted by Gasteiger charge is 2.34. The second kappa shape index (κ2) is 10.6. The lowest BCUT2D eigenvalue weighted by Gasteiger charge is -2.31. The van der Waals surface area contributed by atoms with Crippen LogP contribution in [0.1, 0.15) is 25.3 Å². The molecule has 0 heterocycles. The molecular weight excluding hydrogens is 394 g/mol. The lowest BCUT2D eigenvalue weighted by Crippen LogP contribution is -2.45. The Kier molecular flexibility index (Phi) is 7.94. The zero-order valence-corrected chi connectivity index (χ0v) is 18.8. The maximum atomic E-state index is 13.1. The second-order valence-electron chi connectivity index (χ2n) is 8.01. The summed E-state index contributed by atoms with van der Waals surface area (Å²) in [6, 6.07) is 18.1. The number of hydrogen-bond donors (Lipinski definition) is 1. The van der Waals surface area contributed by atoms with Crippen molar-refractivity contribution in [3.05, 3.63) is 60.2 Å². The van der Waals surface area contributed by atoms with Gasteiger partial charge in [-0.25, -0.2) is 0 Å². The van der Waals surface area contributed by atoms with Crippen molar-refractivity contribution in [2.24, 2.45) is 5.92 Å². The van der Waals surface area contributed by atoms with E-state index in [1.54, 1.807) is 16.7 Å². The quantitative estimate of drug-likeness (QED) is 0.582. The molecule has 0 unspecified atom stereocenters. The van der Waals surface area contributed by atoms with Crippen LogP contribution < -0.4 is 5.32 Å². The standard InChI is InChI=1S/C24H31N3O2S/c1-18(20-13-14-20)27(15-19-9-5-4-6-10-19)24(29)17-26(2)16-23(28)25-21-11-7-8-12-22(21)30-3/h4-12,18,20H,13-17H2,1-3H3,(H,25,28)/t18-/m0/s1. The maximum absolute atomic E-state index is 13.1. The number of likely N-dealkylation sites (N-methyl/N-ethyl adjacent to an activating group) is 1. The Bertz CT molecular complexity index is 855. The van der Waals surface area contributed by atoms with Gasteiger partial charge < -0.3 is 10.2 Å². The van der Waals surface area contributed by atoms with Crippen LogP contribution in [-0.4, -0.2) is 54.0 Å². The molecule has 1 fully saturated rings. The number of hydrogen-bond acceptors (Lipinski definition) is 4. The predicted molar refractivity (Wildman–Crippen MR) is 124 cm³/mol. The number of amides is 2. The number of para-hydroxylation sites is 1. The number of anilines is 1. The average Bonchev–Trinajstić information content (AvgIpc) is 3.58. The highest BCUT2D eigenvalue weighted by Crippen LogP contribution is 2.35. The average molecular weight is 426 g/mol. The molecule has 0 radical (unpaired) electrons. The van der Waals surface area contributed by atoms with Gasteiger partial charge in [-0.15, -0.1) is 11.8 Å². The SMILES string of the molecule is CSc1ccccc1NC(=O)CN(C)CC(=O)N(Cc1ccccc1)[C@@H](C)C1CC1. The summed E-state index contributed by atoms with van der Waals surface area (Å²) in [5.41, 5.74) is 1.94. The molecule has 1 atom stereocenters. The van der Waals surface area contributed by atoms with Crippen molar-refractivity contribution in [2.45, 2.75) is 37.2 Å². The normalized spacial score (nSPS) is 14.4. The summed E-state index contributed by atoms with van der Waals surface area (Å²) in [6.07, 6.45) is 4.36.